The first-order valence-corrected chi connectivity index (χ1v) is 11.9. The summed E-state index contributed by atoms with van der Waals surface area (Å²) < 4.78 is 38.3. The van der Waals surface area contributed by atoms with Gasteiger partial charge in [-0.2, -0.15) is 4.31 Å². The molecule has 0 aliphatic carbocycles. The van der Waals surface area contributed by atoms with E-state index in [9.17, 15) is 13.2 Å². The summed E-state index contributed by atoms with van der Waals surface area (Å²) in [5.41, 5.74) is 0.176. The average molecular weight is 449 g/mol. The molecule has 0 fully saturated rings. The molecule has 2 aromatic carbocycles. The molecule has 9 heteroatoms. The highest BCUT2D eigenvalue weighted by molar-refractivity contribution is 7.89. The van der Waals surface area contributed by atoms with E-state index in [2.05, 4.69) is 9.72 Å². The molecule has 7 nitrogen and oxygen atoms in total. The second kappa shape index (κ2) is 10.1. The van der Waals surface area contributed by atoms with Crippen LogP contribution in [0.4, 0.5) is 0 Å². The van der Waals surface area contributed by atoms with Crippen molar-refractivity contribution in [1.29, 1.82) is 0 Å². The number of thiazole rings is 1. The van der Waals surface area contributed by atoms with Gasteiger partial charge in [-0.15, -0.1) is 11.3 Å². The molecular formula is C21H24N2O5S2. The maximum atomic E-state index is 13.4. The fourth-order valence-electron chi connectivity index (χ4n) is 2.98. The Morgan fingerprint density at radius 1 is 1.17 bits per heavy atom. The number of carbonyl (C=O) groups excluding carboxylic acids is 1. The number of nitrogens with zero attached hydrogens (tertiary/aromatic N) is 2. The first-order valence-electron chi connectivity index (χ1n) is 9.55. The van der Waals surface area contributed by atoms with Crippen molar-refractivity contribution in [3.8, 4) is 0 Å². The van der Waals surface area contributed by atoms with Gasteiger partial charge in [0.15, 0.2) is 5.69 Å². The molecule has 0 bridgehead atoms. The number of ether oxygens (including phenoxy) is 2. The summed E-state index contributed by atoms with van der Waals surface area (Å²) in [5, 5.41) is 3.93. The molecule has 0 aliphatic rings. The number of aromatic nitrogens is 1. The van der Waals surface area contributed by atoms with Crippen molar-refractivity contribution in [2.24, 2.45) is 0 Å². The minimum atomic E-state index is -3.77. The van der Waals surface area contributed by atoms with Gasteiger partial charge in [0, 0.05) is 25.1 Å². The number of hydrogen-bond acceptors (Lipinski definition) is 7. The minimum absolute atomic E-state index is 0.0724. The summed E-state index contributed by atoms with van der Waals surface area (Å²) in [6.07, 6.45) is 0.551. The Morgan fingerprint density at radius 2 is 1.93 bits per heavy atom. The SMILES string of the molecule is CCOCCCN(Cc1nc(C(=O)OC)cs1)S(=O)(=O)c1ccc2ccccc2c1. The van der Waals surface area contributed by atoms with Gasteiger partial charge < -0.3 is 9.47 Å². The van der Waals surface area contributed by atoms with Crippen molar-refractivity contribution in [2.45, 2.75) is 24.8 Å². The third-order valence-electron chi connectivity index (χ3n) is 4.52. The lowest BCUT2D eigenvalue weighted by molar-refractivity contribution is 0.0594. The molecule has 3 rings (SSSR count). The van der Waals surface area contributed by atoms with Crippen LogP contribution in [0.1, 0.15) is 28.8 Å². The van der Waals surface area contributed by atoms with Gasteiger partial charge >= 0.3 is 5.97 Å². The third-order valence-corrected chi connectivity index (χ3v) is 7.19. The molecule has 0 spiro atoms. The van der Waals surface area contributed by atoms with E-state index in [1.54, 1.807) is 23.6 Å². The van der Waals surface area contributed by atoms with Crippen LogP contribution in [0.3, 0.4) is 0 Å². The fourth-order valence-corrected chi connectivity index (χ4v) is 5.32. The lowest BCUT2D eigenvalue weighted by Gasteiger charge is -2.21. The highest BCUT2D eigenvalue weighted by Gasteiger charge is 2.26. The molecule has 30 heavy (non-hydrogen) atoms. The normalized spacial score (nSPS) is 11.8. The Kier molecular flexibility index (Phi) is 7.54. The molecule has 160 valence electrons. The van der Waals surface area contributed by atoms with Crippen LogP contribution in [0, 0.1) is 0 Å². The number of carbonyl (C=O) groups is 1. The van der Waals surface area contributed by atoms with Gasteiger partial charge in [0.1, 0.15) is 5.01 Å². The van der Waals surface area contributed by atoms with E-state index in [0.717, 1.165) is 10.8 Å². The summed E-state index contributed by atoms with van der Waals surface area (Å²) in [7, 11) is -2.48. The zero-order valence-electron chi connectivity index (χ0n) is 16.9. The number of rotatable bonds is 10. The van der Waals surface area contributed by atoms with E-state index in [1.165, 1.54) is 22.8 Å². The van der Waals surface area contributed by atoms with Gasteiger partial charge in [0.25, 0.3) is 0 Å². The zero-order chi connectivity index (χ0) is 21.6. The monoisotopic (exact) mass is 448 g/mol. The smallest absolute Gasteiger partial charge is 0.357 e. The topological polar surface area (TPSA) is 85.8 Å². The van der Waals surface area contributed by atoms with Gasteiger partial charge in [0.05, 0.1) is 18.6 Å². The van der Waals surface area contributed by atoms with Crippen LogP contribution in [0.5, 0.6) is 0 Å². The minimum Gasteiger partial charge on any atom is -0.464 e. The number of hydrogen-bond donors (Lipinski definition) is 0. The predicted molar refractivity (Wildman–Crippen MR) is 116 cm³/mol. The van der Waals surface area contributed by atoms with Crippen LogP contribution >= 0.6 is 11.3 Å². The van der Waals surface area contributed by atoms with Crippen molar-refractivity contribution in [1.82, 2.24) is 9.29 Å². The van der Waals surface area contributed by atoms with Crippen molar-refractivity contribution in [3.63, 3.8) is 0 Å². The van der Waals surface area contributed by atoms with E-state index in [-0.39, 0.29) is 23.7 Å². The van der Waals surface area contributed by atoms with Crippen LogP contribution in [0.25, 0.3) is 10.8 Å². The van der Waals surface area contributed by atoms with Crippen LogP contribution < -0.4 is 0 Å². The van der Waals surface area contributed by atoms with E-state index in [1.807, 2.05) is 31.2 Å². The van der Waals surface area contributed by atoms with Crippen molar-refractivity contribution < 1.29 is 22.7 Å². The van der Waals surface area contributed by atoms with E-state index in [0.29, 0.717) is 24.6 Å². The Labute approximate surface area is 180 Å². The van der Waals surface area contributed by atoms with Gasteiger partial charge in [-0.3, -0.25) is 0 Å². The molecule has 3 aromatic rings. The molecule has 0 saturated carbocycles. The van der Waals surface area contributed by atoms with Crippen molar-refractivity contribution in [2.75, 3.05) is 26.9 Å². The second-order valence-electron chi connectivity index (χ2n) is 6.52. The molecule has 0 N–H and O–H groups in total. The van der Waals surface area contributed by atoms with Crippen LogP contribution in [0.15, 0.2) is 52.7 Å². The number of methoxy groups -OCH3 is 1. The first-order chi connectivity index (χ1) is 14.5. The highest BCUT2D eigenvalue weighted by atomic mass is 32.2. The average Bonchev–Trinajstić information content (AvgIpc) is 3.23. The molecular weight excluding hydrogens is 424 g/mol. The third kappa shape index (κ3) is 5.23. The maximum Gasteiger partial charge on any atom is 0.357 e. The number of esters is 1. The molecule has 0 radical (unpaired) electrons. The van der Waals surface area contributed by atoms with Gasteiger partial charge in [0.2, 0.25) is 10.0 Å². The Bertz CT molecular complexity index is 1110. The Hall–Kier alpha value is -2.33. The Morgan fingerprint density at radius 3 is 2.67 bits per heavy atom. The van der Waals surface area contributed by atoms with Crippen LogP contribution in [-0.4, -0.2) is 50.5 Å². The lowest BCUT2D eigenvalue weighted by Crippen LogP contribution is -2.32. The van der Waals surface area contributed by atoms with Gasteiger partial charge in [-0.25, -0.2) is 18.2 Å². The summed E-state index contributed by atoms with van der Waals surface area (Å²) in [4.78, 5) is 16.1. The van der Waals surface area contributed by atoms with Gasteiger partial charge in [-0.1, -0.05) is 30.3 Å². The summed E-state index contributed by atoms with van der Waals surface area (Å²) in [6.45, 7) is 3.29. The number of fused-ring (bicyclic) bond motifs is 1. The molecule has 0 saturated heterocycles. The number of benzene rings is 2. The van der Waals surface area contributed by atoms with Gasteiger partial charge in [-0.05, 0) is 36.2 Å². The predicted octanol–water partition coefficient (Wildman–Crippen LogP) is 3.70. The lowest BCUT2D eigenvalue weighted by atomic mass is 10.1. The molecule has 1 aromatic heterocycles. The maximum absolute atomic E-state index is 13.4. The van der Waals surface area contributed by atoms with E-state index in [4.69, 9.17) is 4.74 Å². The molecule has 0 aliphatic heterocycles. The van der Waals surface area contributed by atoms with Crippen LogP contribution in [-0.2, 0) is 26.0 Å². The van der Waals surface area contributed by atoms with E-state index >= 15 is 0 Å². The summed E-state index contributed by atoms with van der Waals surface area (Å²) in [6, 6.07) is 12.7. The second-order valence-corrected chi connectivity index (χ2v) is 9.40. The zero-order valence-corrected chi connectivity index (χ0v) is 18.5. The quantitative estimate of drug-likeness (QED) is 0.347. The summed E-state index contributed by atoms with van der Waals surface area (Å²) in [5.74, 6) is -0.544. The van der Waals surface area contributed by atoms with Crippen molar-refractivity contribution >= 4 is 38.1 Å². The largest absolute Gasteiger partial charge is 0.464 e. The summed E-state index contributed by atoms with van der Waals surface area (Å²) >= 11 is 1.23. The fraction of sp³-hybridized carbons (Fsp3) is 0.333. The molecule has 1 heterocycles. The molecule has 0 amide bonds. The van der Waals surface area contributed by atoms with Crippen molar-refractivity contribution in [3.05, 3.63) is 58.5 Å². The first kappa shape index (κ1) is 22.4. The van der Waals surface area contributed by atoms with E-state index < -0.39 is 16.0 Å². The van der Waals surface area contributed by atoms with Crippen LogP contribution in [0.2, 0.25) is 0 Å². The Balaban J connectivity index is 1.88. The number of sulfonamides is 1. The molecule has 0 unspecified atom stereocenters. The standard InChI is InChI=1S/C21H24N2O5S2/c1-3-28-12-6-11-23(14-20-22-19(15-29-20)21(24)27-2)30(25,26)18-10-9-16-7-4-5-8-17(16)13-18/h4-5,7-10,13,15H,3,6,11-12,14H2,1-2H3. The highest BCUT2D eigenvalue weighted by Crippen LogP contribution is 2.24. The molecule has 0 atom stereocenters.